The second-order valence-corrected chi connectivity index (χ2v) is 5.08. The van der Waals surface area contributed by atoms with Crippen LogP contribution in [0.5, 0.6) is 0 Å². The highest BCUT2D eigenvalue weighted by Crippen LogP contribution is 2.39. The number of aliphatic hydroxyl groups is 1. The minimum atomic E-state index is -0.427. The number of hydrogen-bond acceptors (Lipinski definition) is 4. The maximum absolute atomic E-state index is 11.2. The molecular weight excluding hydrogens is 214 g/mol. The van der Waals surface area contributed by atoms with Crippen molar-refractivity contribution in [3.05, 3.63) is 0 Å². The monoisotopic (exact) mass is 233 g/mol. The average Bonchev–Trinajstić information content (AvgIpc) is 2.73. The van der Waals surface area contributed by atoms with Crippen molar-refractivity contribution < 1.29 is 14.6 Å². The van der Waals surface area contributed by atoms with Crippen molar-refractivity contribution in [2.45, 2.75) is 30.4 Å². The van der Waals surface area contributed by atoms with Crippen molar-refractivity contribution in [3.63, 3.8) is 0 Å². The summed E-state index contributed by atoms with van der Waals surface area (Å²) >= 11 is 1.83. The normalized spacial score (nSPS) is 18.8. The molecule has 88 valence electrons. The minimum Gasteiger partial charge on any atom is -0.447 e. The molecule has 0 aliphatic heterocycles. The highest BCUT2D eigenvalue weighted by atomic mass is 32.2. The van der Waals surface area contributed by atoms with Crippen molar-refractivity contribution in [2.75, 3.05) is 26.0 Å². The number of hydrogen-bond donors (Lipinski definition) is 2. The molecule has 1 amide bonds. The van der Waals surface area contributed by atoms with Crippen LogP contribution >= 0.6 is 11.8 Å². The molecular formula is C10H19NO3S. The third-order valence-corrected chi connectivity index (χ3v) is 4.25. The zero-order valence-corrected chi connectivity index (χ0v) is 9.94. The van der Waals surface area contributed by atoms with Gasteiger partial charge < -0.3 is 15.2 Å². The van der Waals surface area contributed by atoms with Crippen molar-refractivity contribution in [1.29, 1.82) is 0 Å². The fourth-order valence-corrected chi connectivity index (χ4v) is 2.81. The van der Waals surface area contributed by atoms with E-state index in [-0.39, 0.29) is 18.0 Å². The molecule has 0 spiro atoms. The van der Waals surface area contributed by atoms with Gasteiger partial charge in [0.15, 0.2) is 0 Å². The topological polar surface area (TPSA) is 58.6 Å². The van der Waals surface area contributed by atoms with E-state index in [4.69, 9.17) is 9.84 Å². The first-order valence-corrected chi connectivity index (χ1v) is 6.51. The van der Waals surface area contributed by atoms with Crippen LogP contribution in [0.2, 0.25) is 0 Å². The molecule has 1 saturated carbocycles. The smallest absolute Gasteiger partial charge is 0.407 e. The molecule has 4 nitrogen and oxygen atoms in total. The number of alkyl carbamates (subject to hydrolysis) is 1. The summed E-state index contributed by atoms with van der Waals surface area (Å²) < 4.78 is 4.94. The molecule has 0 aromatic carbocycles. The lowest BCUT2D eigenvalue weighted by Crippen LogP contribution is -2.38. The fraction of sp³-hybridized carbons (Fsp3) is 0.900. The zero-order chi connectivity index (χ0) is 11.1. The van der Waals surface area contributed by atoms with Gasteiger partial charge in [0.2, 0.25) is 0 Å². The molecule has 1 aliphatic rings. The second-order valence-electron chi connectivity index (χ2n) is 3.81. The molecule has 0 aromatic rings. The summed E-state index contributed by atoms with van der Waals surface area (Å²) in [5.41, 5.74) is 0. The van der Waals surface area contributed by atoms with Gasteiger partial charge in [0.25, 0.3) is 0 Å². The molecule has 0 aromatic heterocycles. The summed E-state index contributed by atoms with van der Waals surface area (Å²) in [6, 6.07) is 0. The lowest BCUT2D eigenvalue weighted by Gasteiger charge is -2.26. The Morgan fingerprint density at radius 1 is 1.53 bits per heavy atom. The fourth-order valence-electron chi connectivity index (χ4n) is 1.90. The van der Waals surface area contributed by atoms with Gasteiger partial charge in [0.1, 0.15) is 6.61 Å². The van der Waals surface area contributed by atoms with Crippen LogP contribution in [-0.2, 0) is 4.74 Å². The predicted molar refractivity (Wildman–Crippen MR) is 61.2 cm³/mol. The van der Waals surface area contributed by atoms with Crippen molar-refractivity contribution >= 4 is 17.9 Å². The highest BCUT2D eigenvalue weighted by Gasteiger charge is 2.33. The van der Waals surface area contributed by atoms with E-state index in [1.807, 2.05) is 11.8 Å². The van der Waals surface area contributed by atoms with Crippen molar-refractivity contribution in [3.8, 4) is 0 Å². The standard InChI is InChI=1S/C10H19NO3S/c1-15-10(4-2-3-5-10)8-11-9(13)14-7-6-12/h12H,2-8H2,1H3,(H,11,13). The molecule has 0 bridgehead atoms. The summed E-state index contributed by atoms with van der Waals surface area (Å²) in [7, 11) is 0. The SMILES string of the molecule is CSC1(CNC(=O)OCCO)CCCC1. The van der Waals surface area contributed by atoms with Crippen LogP contribution < -0.4 is 5.32 Å². The third-order valence-electron chi connectivity index (χ3n) is 2.83. The largest absolute Gasteiger partial charge is 0.447 e. The summed E-state index contributed by atoms with van der Waals surface area (Å²) in [6.07, 6.45) is 6.47. The van der Waals surface area contributed by atoms with Crippen molar-refractivity contribution in [2.24, 2.45) is 0 Å². The molecule has 0 unspecified atom stereocenters. The van der Waals surface area contributed by atoms with Crippen LogP contribution in [0.4, 0.5) is 4.79 Å². The van der Waals surface area contributed by atoms with Gasteiger partial charge in [0, 0.05) is 11.3 Å². The van der Waals surface area contributed by atoms with E-state index in [9.17, 15) is 4.79 Å². The van der Waals surface area contributed by atoms with Crippen LogP contribution in [0.3, 0.4) is 0 Å². The number of carbonyl (C=O) groups excluding carboxylic acids is 1. The third kappa shape index (κ3) is 3.91. The number of aliphatic hydroxyl groups excluding tert-OH is 1. The molecule has 0 heterocycles. The number of carbonyl (C=O) groups is 1. The molecule has 1 fully saturated rings. The van der Waals surface area contributed by atoms with Gasteiger partial charge in [0.05, 0.1) is 6.61 Å². The Kier molecular flexibility index (Phi) is 5.25. The average molecular weight is 233 g/mol. The first-order chi connectivity index (χ1) is 7.22. The summed E-state index contributed by atoms with van der Waals surface area (Å²) in [4.78, 5) is 11.2. The first kappa shape index (κ1) is 12.6. The van der Waals surface area contributed by atoms with Gasteiger partial charge in [-0.2, -0.15) is 11.8 Å². The summed E-state index contributed by atoms with van der Waals surface area (Å²) in [5.74, 6) is 0. The Morgan fingerprint density at radius 2 is 2.20 bits per heavy atom. The van der Waals surface area contributed by atoms with Crippen LogP contribution in [0, 0.1) is 0 Å². The number of ether oxygens (including phenoxy) is 1. The predicted octanol–water partition coefficient (Wildman–Crippen LogP) is 1.38. The quantitative estimate of drug-likeness (QED) is 0.753. The van der Waals surface area contributed by atoms with Gasteiger partial charge in [-0.25, -0.2) is 4.79 Å². The van der Waals surface area contributed by atoms with E-state index in [0.717, 1.165) is 12.8 Å². The van der Waals surface area contributed by atoms with Crippen LogP contribution in [-0.4, -0.2) is 42.0 Å². The minimum absolute atomic E-state index is 0.0676. The van der Waals surface area contributed by atoms with E-state index in [1.165, 1.54) is 12.8 Å². The van der Waals surface area contributed by atoms with Crippen molar-refractivity contribution in [1.82, 2.24) is 5.32 Å². The van der Waals surface area contributed by atoms with E-state index in [0.29, 0.717) is 6.54 Å². The lowest BCUT2D eigenvalue weighted by atomic mass is 10.1. The second kappa shape index (κ2) is 6.23. The van der Waals surface area contributed by atoms with Gasteiger partial charge in [-0.15, -0.1) is 0 Å². The van der Waals surface area contributed by atoms with E-state index < -0.39 is 6.09 Å². The number of thioether (sulfide) groups is 1. The Morgan fingerprint density at radius 3 is 2.73 bits per heavy atom. The van der Waals surface area contributed by atoms with E-state index in [1.54, 1.807) is 0 Å². The van der Waals surface area contributed by atoms with Gasteiger partial charge in [-0.3, -0.25) is 0 Å². The van der Waals surface area contributed by atoms with Gasteiger partial charge >= 0.3 is 6.09 Å². The van der Waals surface area contributed by atoms with E-state index >= 15 is 0 Å². The van der Waals surface area contributed by atoms with Crippen LogP contribution in [0.25, 0.3) is 0 Å². The number of rotatable bonds is 5. The molecule has 0 radical (unpaired) electrons. The number of nitrogens with one attached hydrogen (secondary N) is 1. The molecule has 15 heavy (non-hydrogen) atoms. The number of amides is 1. The molecule has 1 rings (SSSR count). The van der Waals surface area contributed by atoms with Crippen LogP contribution in [0.1, 0.15) is 25.7 Å². The Hall–Kier alpha value is -0.420. The molecule has 5 heteroatoms. The van der Waals surface area contributed by atoms with E-state index in [2.05, 4.69) is 11.6 Å². The Labute approximate surface area is 94.8 Å². The molecule has 0 atom stereocenters. The lowest BCUT2D eigenvalue weighted by molar-refractivity contribution is 0.118. The van der Waals surface area contributed by atoms with Gasteiger partial charge in [-0.1, -0.05) is 12.8 Å². The Balaban J connectivity index is 2.25. The maximum atomic E-state index is 11.2. The molecule has 0 saturated heterocycles. The first-order valence-electron chi connectivity index (χ1n) is 5.29. The zero-order valence-electron chi connectivity index (χ0n) is 9.12. The summed E-state index contributed by atoms with van der Waals surface area (Å²) in [6.45, 7) is 0.609. The maximum Gasteiger partial charge on any atom is 0.407 e. The van der Waals surface area contributed by atoms with Crippen LogP contribution in [0.15, 0.2) is 0 Å². The summed E-state index contributed by atoms with van der Waals surface area (Å²) in [5, 5.41) is 11.2. The highest BCUT2D eigenvalue weighted by molar-refractivity contribution is 8.00. The Bertz CT molecular complexity index is 205. The molecule has 1 aliphatic carbocycles. The molecule has 2 N–H and O–H groups in total. The van der Waals surface area contributed by atoms with Gasteiger partial charge in [-0.05, 0) is 19.1 Å².